The predicted octanol–water partition coefficient (Wildman–Crippen LogP) is 2.83. The number of nitrogens with one attached hydrogen (secondary N) is 1. The molecule has 0 aliphatic rings. The molecular formula is C14H21N3O. The van der Waals surface area contributed by atoms with Gasteiger partial charge < -0.3 is 0 Å². The van der Waals surface area contributed by atoms with Crippen LogP contribution in [0, 0.1) is 0 Å². The number of aromatic amines is 1. The summed E-state index contributed by atoms with van der Waals surface area (Å²) in [6.45, 7) is 10.5. The summed E-state index contributed by atoms with van der Waals surface area (Å²) in [6.07, 6.45) is 1.00. The topological polar surface area (TPSA) is 50.2 Å². The molecule has 0 saturated heterocycles. The Morgan fingerprint density at radius 1 is 1.39 bits per heavy atom. The maximum Gasteiger partial charge on any atom is 0.271 e. The number of aromatic nitrogens is 3. The van der Waals surface area contributed by atoms with Crippen LogP contribution in [-0.2, 0) is 5.41 Å². The predicted molar refractivity (Wildman–Crippen MR) is 73.2 cm³/mol. The zero-order valence-electron chi connectivity index (χ0n) is 11.7. The molecule has 1 atom stereocenters. The first-order valence-corrected chi connectivity index (χ1v) is 6.46. The quantitative estimate of drug-likeness (QED) is 0.887. The number of H-pyrrole nitrogens is 1. The van der Waals surface area contributed by atoms with Gasteiger partial charge in [-0.1, -0.05) is 34.6 Å². The van der Waals surface area contributed by atoms with Crippen molar-refractivity contribution in [2.75, 3.05) is 0 Å². The smallest absolute Gasteiger partial charge is 0.271 e. The van der Waals surface area contributed by atoms with E-state index < -0.39 is 0 Å². The van der Waals surface area contributed by atoms with Crippen molar-refractivity contribution in [1.82, 2.24) is 14.6 Å². The molecule has 2 aromatic heterocycles. The number of pyridine rings is 1. The molecule has 0 saturated carbocycles. The molecule has 2 heterocycles. The van der Waals surface area contributed by atoms with Crippen LogP contribution < -0.4 is 5.56 Å². The fourth-order valence-corrected chi connectivity index (χ4v) is 1.86. The number of rotatable bonds is 2. The molecule has 0 amide bonds. The highest BCUT2D eigenvalue weighted by Gasteiger charge is 2.17. The van der Waals surface area contributed by atoms with E-state index in [1.54, 1.807) is 6.07 Å². The standard InChI is InChI=1S/C14H21N3O/c1-6-9(2)13-15-11-7-10(14(3,4)5)8-12(18)17(11)16-13/h7-9H,6H2,1-5H3,(H,15,16). The van der Waals surface area contributed by atoms with Crippen LogP contribution in [0.15, 0.2) is 16.9 Å². The summed E-state index contributed by atoms with van der Waals surface area (Å²) in [5.41, 5.74) is 1.65. The van der Waals surface area contributed by atoms with Crippen LogP contribution in [0.4, 0.5) is 0 Å². The Bertz CT molecular complexity index is 616. The lowest BCUT2D eigenvalue weighted by molar-refractivity contribution is 0.588. The molecule has 0 bridgehead atoms. The fourth-order valence-electron chi connectivity index (χ4n) is 1.86. The molecule has 0 spiro atoms. The van der Waals surface area contributed by atoms with E-state index in [2.05, 4.69) is 44.7 Å². The Morgan fingerprint density at radius 2 is 2.06 bits per heavy atom. The fraction of sp³-hybridized carbons (Fsp3) is 0.571. The van der Waals surface area contributed by atoms with Gasteiger partial charge in [0.25, 0.3) is 5.56 Å². The van der Waals surface area contributed by atoms with Crippen LogP contribution in [0.3, 0.4) is 0 Å². The van der Waals surface area contributed by atoms with Gasteiger partial charge in [-0.25, -0.2) is 9.50 Å². The van der Waals surface area contributed by atoms with Crippen molar-refractivity contribution in [3.05, 3.63) is 33.9 Å². The normalized spacial score (nSPS) is 14.1. The number of fused-ring (bicyclic) bond motifs is 1. The van der Waals surface area contributed by atoms with Gasteiger partial charge in [0.1, 0.15) is 5.82 Å². The number of hydrogen-bond donors (Lipinski definition) is 1. The highest BCUT2D eigenvalue weighted by molar-refractivity contribution is 5.43. The molecule has 2 aromatic rings. The van der Waals surface area contributed by atoms with Gasteiger partial charge in [-0.05, 0) is 23.5 Å². The molecule has 1 unspecified atom stereocenters. The summed E-state index contributed by atoms with van der Waals surface area (Å²) in [4.78, 5) is 16.6. The van der Waals surface area contributed by atoms with Crippen molar-refractivity contribution < 1.29 is 0 Å². The molecule has 0 radical (unpaired) electrons. The minimum Gasteiger partial charge on any atom is -0.276 e. The first kappa shape index (κ1) is 12.9. The third kappa shape index (κ3) is 2.19. The van der Waals surface area contributed by atoms with Crippen molar-refractivity contribution in [3.63, 3.8) is 0 Å². The molecular weight excluding hydrogens is 226 g/mol. The summed E-state index contributed by atoms with van der Waals surface area (Å²) in [5, 5.41) is 3.09. The zero-order chi connectivity index (χ0) is 13.5. The molecule has 4 heteroatoms. The average Bonchev–Trinajstić information content (AvgIpc) is 2.71. The highest BCUT2D eigenvalue weighted by atomic mass is 16.1. The molecule has 0 aliphatic heterocycles. The van der Waals surface area contributed by atoms with Gasteiger partial charge in [-0.3, -0.25) is 9.89 Å². The lowest BCUT2D eigenvalue weighted by Crippen LogP contribution is -2.19. The van der Waals surface area contributed by atoms with Crippen molar-refractivity contribution in [3.8, 4) is 0 Å². The number of hydrogen-bond acceptors (Lipinski definition) is 2. The third-order valence-corrected chi connectivity index (χ3v) is 3.42. The molecule has 4 nitrogen and oxygen atoms in total. The van der Waals surface area contributed by atoms with Crippen LogP contribution in [-0.4, -0.2) is 14.6 Å². The van der Waals surface area contributed by atoms with Crippen LogP contribution in [0.5, 0.6) is 0 Å². The molecule has 98 valence electrons. The summed E-state index contributed by atoms with van der Waals surface area (Å²) < 4.78 is 1.52. The second-order valence-electron chi connectivity index (χ2n) is 5.94. The SMILES string of the molecule is CCC(C)c1nc2cc(C(C)(C)C)cc(=O)n2[nH]1. The van der Waals surface area contributed by atoms with E-state index in [0.717, 1.165) is 17.8 Å². The van der Waals surface area contributed by atoms with E-state index >= 15 is 0 Å². The van der Waals surface area contributed by atoms with Gasteiger partial charge in [-0.2, -0.15) is 0 Å². The maximum absolute atomic E-state index is 12.1. The molecule has 0 fully saturated rings. The van der Waals surface area contributed by atoms with Gasteiger partial charge in [0.15, 0.2) is 5.65 Å². The van der Waals surface area contributed by atoms with Gasteiger partial charge in [0.2, 0.25) is 0 Å². The second kappa shape index (κ2) is 4.26. The van der Waals surface area contributed by atoms with Crippen LogP contribution in [0.1, 0.15) is 58.3 Å². The molecule has 0 aliphatic carbocycles. The number of nitrogens with zero attached hydrogens (tertiary/aromatic N) is 2. The molecule has 18 heavy (non-hydrogen) atoms. The van der Waals surface area contributed by atoms with E-state index in [-0.39, 0.29) is 11.0 Å². The van der Waals surface area contributed by atoms with Gasteiger partial charge >= 0.3 is 0 Å². The Morgan fingerprint density at radius 3 is 2.61 bits per heavy atom. The Kier molecular flexibility index (Phi) is 3.05. The van der Waals surface area contributed by atoms with Crippen LogP contribution in [0.25, 0.3) is 5.65 Å². The average molecular weight is 247 g/mol. The Labute approximate surface area is 107 Å². The summed E-state index contributed by atoms with van der Waals surface area (Å²) in [5.74, 6) is 1.21. The van der Waals surface area contributed by atoms with Crippen molar-refractivity contribution in [2.45, 2.75) is 52.4 Å². The first-order chi connectivity index (χ1) is 8.32. The van der Waals surface area contributed by atoms with Crippen molar-refractivity contribution in [1.29, 1.82) is 0 Å². The third-order valence-electron chi connectivity index (χ3n) is 3.42. The Hall–Kier alpha value is -1.58. The van der Waals surface area contributed by atoms with Crippen LogP contribution in [0.2, 0.25) is 0 Å². The van der Waals surface area contributed by atoms with E-state index in [9.17, 15) is 4.79 Å². The van der Waals surface area contributed by atoms with Crippen molar-refractivity contribution >= 4 is 5.65 Å². The molecule has 0 aromatic carbocycles. The largest absolute Gasteiger partial charge is 0.276 e. The van der Waals surface area contributed by atoms with Gasteiger partial charge in [-0.15, -0.1) is 0 Å². The van der Waals surface area contributed by atoms with E-state index in [1.165, 1.54) is 4.52 Å². The summed E-state index contributed by atoms with van der Waals surface area (Å²) >= 11 is 0. The zero-order valence-corrected chi connectivity index (χ0v) is 11.7. The van der Waals surface area contributed by atoms with Crippen molar-refractivity contribution in [2.24, 2.45) is 0 Å². The van der Waals surface area contributed by atoms with E-state index in [4.69, 9.17) is 0 Å². The van der Waals surface area contributed by atoms with E-state index in [1.807, 2.05) is 6.07 Å². The maximum atomic E-state index is 12.1. The molecule has 1 N–H and O–H groups in total. The monoisotopic (exact) mass is 247 g/mol. The minimum absolute atomic E-state index is 0.0383. The van der Waals surface area contributed by atoms with Gasteiger partial charge in [0, 0.05) is 12.0 Å². The molecule has 2 rings (SSSR count). The Balaban J connectivity index is 2.63. The highest BCUT2D eigenvalue weighted by Crippen LogP contribution is 2.22. The lowest BCUT2D eigenvalue weighted by Gasteiger charge is -2.18. The summed E-state index contributed by atoms with van der Waals surface area (Å²) in [7, 11) is 0. The van der Waals surface area contributed by atoms with E-state index in [0.29, 0.717) is 11.6 Å². The lowest BCUT2D eigenvalue weighted by atomic mass is 9.88. The summed E-state index contributed by atoms with van der Waals surface area (Å²) in [6, 6.07) is 3.68. The van der Waals surface area contributed by atoms with Crippen LogP contribution >= 0.6 is 0 Å². The minimum atomic E-state index is -0.0421. The van der Waals surface area contributed by atoms with Gasteiger partial charge in [0.05, 0.1) is 0 Å². The first-order valence-electron chi connectivity index (χ1n) is 6.46. The second-order valence-corrected chi connectivity index (χ2v) is 5.94.